The molecule has 0 aliphatic heterocycles. The molecule has 0 unspecified atom stereocenters. The van der Waals surface area contributed by atoms with E-state index in [0.29, 0.717) is 12.4 Å². The average molecular weight is 288 g/mol. The van der Waals surface area contributed by atoms with Crippen LogP contribution in [0.25, 0.3) is 10.9 Å². The van der Waals surface area contributed by atoms with E-state index >= 15 is 0 Å². The summed E-state index contributed by atoms with van der Waals surface area (Å²) in [5.41, 5.74) is 1.92. The van der Waals surface area contributed by atoms with Crippen molar-refractivity contribution in [2.45, 2.75) is 6.61 Å². The van der Waals surface area contributed by atoms with Crippen molar-refractivity contribution >= 4 is 22.5 Å². The molecule has 2 nitrogen and oxygen atoms in total. The van der Waals surface area contributed by atoms with Gasteiger partial charge in [-0.25, -0.2) is 4.39 Å². The normalized spacial score (nSPS) is 10.7. The van der Waals surface area contributed by atoms with E-state index in [-0.39, 0.29) is 5.02 Å². The molecule has 1 heterocycles. The highest BCUT2D eigenvalue weighted by Crippen LogP contribution is 2.22. The Morgan fingerprint density at radius 2 is 1.95 bits per heavy atom. The van der Waals surface area contributed by atoms with E-state index in [1.807, 2.05) is 30.3 Å². The number of fused-ring (bicyclic) bond motifs is 1. The highest BCUT2D eigenvalue weighted by Gasteiger charge is 2.04. The van der Waals surface area contributed by atoms with Gasteiger partial charge in [-0.3, -0.25) is 4.98 Å². The number of halogens is 2. The topological polar surface area (TPSA) is 22.1 Å². The van der Waals surface area contributed by atoms with Gasteiger partial charge in [0.25, 0.3) is 0 Å². The summed E-state index contributed by atoms with van der Waals surface area (Å²) < 4.78 is 18.9. The van der Waals surface area contributed by atoms with Gasteiger partial charge in [0.2, 0.25) is 0 Å². The number of benzene rings is 2. The minimum absolute atomic E-state index is 0.0895. The highest BCUT2D eigenvalue weighted by atomic mass is 35.5. The highest BCUT2D eigenvalue weighted by molar-refractivity contribution is 6.30. The van der Waals surface area contributed by atoms with Crippen LogP contribution in [0.1, 0.15) is 5.56 Å². The van der Waals surface area contributed by atoms with Gasteiger partial charge >= 0.3 is 0 Å². The first kappa shape index (κ1) is 12.9. The monoisotopic (exact) mass is 287 g/mol. The van der Waals surface area contributed by atoms with Gasteiger partial charge in [-0.15, -0.1) is 0 Å². The number of nitrogens with zero attached hydrogens (tertiary/aromatic N) is 1. The van der Waals surface area contributed by atoms with Crippen molar-refractivity contribution in [3.63, 3.8) is 0 Å². The van der Waals surface area contributed by atoms with Gasteiger partial charge < -0.3 is 4.74 Å². The van der Waals surface area contributed by atoms with Crippen LogP contribution in [-0.4, -0.2) is 4.98 Å². The fraction of sp³-hybridized carbons (Fsp3) is 0.0625. The summed E-state index contributed by atoms with van der Waals surface area (Å²) in [5, 5.41) is 1.12. The van der Waals surface area contributed by atoms with Crippen molar-refractivity contribution in [1.29, 1.82) is 0 Å². The molecule has 0 N–H and O–H groups in total. The van der Waals surface area contributed by atoms with Crippen molar-refractivity contribution in [3.05, 3.63) is 71.1 Å². The molecule has 0 aliphatic carbocycles. The third kappa shape index (κ3) is 2.58. The Morgan fingerprint density at radius 3 is 2.80 bits per heavy atom. The van der Waals surface area contributed by atoms with E-state index in [1.165, 1.54) is 12.1 Å². The molecule has 1 aromatic heterocycles. The van der Waals surface area contributed by atoms with Crippen LogP contribution in [0.2, 0.25) is 5.02 Å². The van der Waals surface area contributed by atoms with Crippen molar-refractivity contribution < 1.29 is 9.13 Å². The molecule has 0 saturated heterocycles. The Kier molecular flexibility index (Phi) is 3.52. The summed E-state index contributed by atoms with van der Waals surface area (Å²) in [6.07, 6.45) is 1.74. The zero-order valence-corrected chi connectivity index (χ0v) is 11.3. The third-order valence-electron chi connectivity index (χ3n) is 3.02. The van der Waals surface area contributed by atoms with Gasteiger partial charge in [-0.05, 0) is 24.3 Å². The van der Waals surface area contributed by atoms with Gasteiger partial charge in [-0.1, -0.05) is 29.8 Å². The molecule has 0 spiro atoms. The Hall–Kier alpha value is -2.13. The van der Waals surface area contributed by atoms with E-state index < -0.39 is 5.82 Å². The lowest BCUT2D eigenvalue weighted by molar-refractivity contribution is 0.306. The van der Waals surface area contributed by atoms with Crippen LogP contribution in [0.15, 0.2) is 54.7 Å². The van der Waals surface area contributed by atoms with Crippen LogP contribution in [0.4, 0.5) is 4.39 Å². The number of aromatic nitrogens is 1. The second-order valence-corrected chi connectivity index (χ2v) is 4.76. The first-order valence-corrected chi connectivity index (χ1v) is 6.52. The Labute approximate surface area is 120 Å². The summed E-state index contributed by atoms with van der Waals surface area (Å²) in [7, 11) is 0. The van der Waals surface area contributed by atoms with E-state index in [0.717, 1.165) is 16.5 Å². The van der Waals surface area contributed by atoms with Crippen LogP contribution in [0, 0.1) is 5.82 Å². The molecule has 0 atom stereocenters. The lowest BCUT2D eigenvalue weighted by atomic mass is 10.1. The smallest absolute Gasteiger partial charge is 0.145 e. The molecule has 20 heavy (non-hydrogen) atoms. The molecule has 2 aromatic carbocycles. The summed E-state index contributed by atoms with van der Waals surface area (Å²) in [6.45, 7) is 0.351. The molecule has 3 rings (SSSR count). The maximum absolute atomic E-state index is 13.3. The summed E-state index contributed by atoms with van der Waals surface area (Å²) in [6, 6.07) is 14.1. The molecule has 0 fully saturated rings. The van der Waals surface area contributed by atoms with Crippen LogP contribution in [0.5, 0.6) is 5.75 Å². The second-order valence-electron chi connectivity index (χ2n) is 4.35. The lowest BCUT2D eigenvalue weighted by Gasteiger charge is -2.09. The lowest BCUT2D eigenvalue weighted by Crippen LogP contribution is -1.97. The Balaban J connectivity index is 1.85. The van der Waals surface area contributed by atoms with Crippen LogP contribution in [-0.2, 0) is 6.61 Å². The number of hydrogen-bond acceptors (Lipinski definition) is 2. The van der Waals surface area contributed by atoms with Crippen LogP contribution >= 0.6 is 11.6 Å². The Morgan fingerprint density at radius 1 is 1.10 bits per heavy atom. The largest absolute Gasteiger partial charge is 0.489 e. The maximum Gasteiger partial charge on any atom is 0.145 e. The first-order valence-electron chi connectivity index (χ1n) is 6.14. The van der Waals surface area contributed by atoms with E-state index in [9.17, 15) is 4.39 Å². The predicted molar refractivity (Wildman–Crippen MR) is 77.5 cm³/mol. The van der Waals surface area contributed by atoms with Crippen LogP contribution < -0.4 is 4.74 Å². The summed E-state index contributed by atoms with van der Waals surface area (Å²) >= 11 is 5.64. The zero-order chi connectivity index (χ0) is 13.9. The summed E-state index contributed by atoms with van der Waals surface area (Å²) in [4.78, 5) is 4.29. The molecule has 4 heteroatoms. The maximum atomic E-state index is 13.3. The molecule has 0 amide bonds. The van der Waals surface area contributed by atoms with E-state index in [2.05, 4.69) is 4.98 Å². The molecule has 0 aliphatic rings. The molecule has 0 radical (unpaired) electrons. The summed E-state index contributed by atoms with van der Waals surface area (Å²) in [5.74, 6) is -0.0310. The molecule has 0 saturated carbocycles. The SMILES string of the molecule is Fc1cc(OCc2ccnc3ccccc23)ccc1Cl. The molecule has 100 valence electrons. The average Bonchev–Trinajstić information content (AvgIpc) is 2.48. The molecular weight excluding hydrogens is 277 g/mol. The quantitative estimate of drug-likeness (QED) is 0.702. The number of para-hydroxylation sites is 1. The number of rotatable bonds is 3. The van der Waals surface area contributed by atoms with Gasteiger partial charge in [-0.2, -0.15) is 0 Å². The minimum Gasteiger partial charge on any atom is -0.489 e. The van der Waals surface area contributed by atoms with Gasteiger partial charge in [0.15, 0.2) is 0 Å². The third-order valence-corrected chi connectivity index (χ3v) is 3.33. The Bertz CT molecular complexity index is 755. The molecule has 0 bridgehead atoms. The van der Waals surface area contributed by atoms with E-state index in [1.54, 1.807) is 12.3 Å². The predicted octanol–water partition coefficient (Wildman–Crippen LogP) is 4.61. The molecular formula is C16H11ClFNO. The van der Waals surface area contributed by atoms with Crippen molar-refractivity contribution in [2.24, 2.45) is 0 Å². The fourth-order valence-electron chi connectivity index (χ4n) is 2.01. The van der Waals surface area contributed by atoms with Crippen molar-refractivity contribution in [1.82, 2.24) is 4.98 Å². The van der Waals surface area contributed by atoms with Crippen LogP contribution in [0.3, 0.4) is 0 Å². The molecule has 3 aromatic rings. The number of pyridine rings is 1. The standard InChI is InChI=1S/C16H11ClFNO/c17-14-6-5-12(9-15(14)18)20-10-11-7-8-19-16-4-2-1-3-13(11)16/h1-9H,10H2. The van der Waals surface area contributed by atoms with E-state index in [4.69, 9.17) is 16.3 Å². The van der Waals surface area contributed by atoms with Crippen molar-refractivity contribution in [3.8, 4) is 5.75 Å². The van der Waals surface area contributed by atoms with Gasteiger partial charge in [0.1, 0.15) is 18.2 Å². The zero-order valence-electron chi connectivity index (χ0n) is 10.5. The van der Waals surface area contributed by atoms with Gasteiger partial charge in [0, 0.05) is 23.2 Å². The number of ether oxygens (including phenoxy) is 1. The van der Waals surface area contributed by atoms with Gasteiger partial charge in [0.05, 0.1) is 10.5 Å². The fourth-order valence-corrected chi connectivity index (χ4v) is 2.13. The number of hydrogen-bond donors (Lipinski definition) is 0. The van der Waals surface area contributed by atoms with Crippen molar-refractivity contribution in [2.75, 3.05) is 0 Å². The first-order chi connectivity index (χ1) is 9.74. The second kappa shape index (κ2) is 5.47. The minimum atomic E-state index is -0.483.